The second kappa shape index (κ2) is 5.59. The van der Waals surface area contributed by atoms with Gasteiger partial charge in [0.2, 0.25) is 5.82 Å². The zero-order valence-electron chi connectivity index (χ0n) is 10.2. The van der Waals surface area contributed by atoms with Gasteiger partial charge in [-0.25, -0.2) is 4.39 Å². The lowest BCUT2D eigenvalue weighted by Crippen LogP contribution is -2.07. The monoisotopic (exact) mass is 251 g/mol. The highest BCUT2D eigenvalue weighted by atomic mass is 19.1. The number of anilines is 1. The van der Waals surface area contributed by atoms with E-state index in [1.54, 1.807) is 13.2 Å². The van der Waals surface area contributed by atoms with E-state index in [1.165, 1.54) is 12.1 Å². The molecule has 0 unspecified atom stereocenters. The largest absolute Gasteiger partial charge is 0.383 e. The minimum Gasteiger partial charge on any atom is -0.383 e. The SMILES string of the molecule is COCCNc1nc(-c2cc(F)ccc2C)no1. The van der Waals surface area contributed by atoms with Crippen molar-refractivity contribution >= 4 is 6.01 Å². The summed E-state index contributed by atoms with van der Waals surface area (Å²) in [6.07, 6.45) is 0. The molecular formula is C12H14FN3O2. The standard InChI is InChI=1S/C12H14FN3O2/c1-8-3-4-9(13)7-10(8)11-15-12(18-16-11)14-5-6-17-2/h3-4,7H,5-6H2,1-2H3,(H,14,15,16). The predicted octanol–water partition coefficient (Wildman–Crippen LogP) is 2.24. The van der Waals surface area contributed by atoms with Crippen LogP contribution in [-0.4, -0.2) is 30.4 Å². The molecule has 1 aromatic heterocycles. The van der Waals surface area contributed by atoms with Gasteiger partial charge in [0, 0.05) is 19.2 Å². The van der Waals surface area contributed by atoms with Crippen LogP contribution in [-0.2, 0) is 4.74 Å². The first kappa shape index (κ1) is 12.5. The Morgan fingerprint density at radius 2 is 2.28 bits per heavy atom. The molecule has 0 saturated carbocycles. The van der Waals surface area contributed by atoms with Gasteiger partial charge in [0.25, 0.3) is 0 Å². The summed E-state index contributed by atoms with van der Waals surface area (Å²) in [4.78, 5) is 4.14. The first-order valence-electron chi connectivity index (χ1n) is 5.54. The molecule has 0 radical (unpaired) electrons. The molecule has 2 rings (SSSR count). The summed E-state index contributed by atoms with van der Waals surface area (Å²) in [5, 5.41) is 6.72. The molecule has 96 valence electrons. The highest BCUT2D eigenvalue weighted by molar-refractivity contribution is 5.60. The molecule has 1 aromatic carbocycles. The topological polar surface area (TPSA) is 60.2 Å². The quantitative estimate of drug-likeness (QED) is 0.826. The first-order chi connectivity index (χ1) is 8.70. The van der Waals surface area contributed by atoms with Crippen molar-refractivity contribution in [2.45, 2.75) is 6.92 Å². The summed E-state index contributed by atoms with van der Waals surface area (Å²) in [5.74, 6) is 0.0428. The van der Waals surface area contributed by atoms with Crippen molar-refractivity contribution in [3.63, 3.8) is 0 Å². The summed E-state index contributed by atoms with van der Waals surface area (Å²) in [5.41, 5.74) is 1.51. The van der Waals surface area contributed by atoms with Gasteiger partial charge < -0.3 is 14.6 Å². The van der Waals surface area contributed by atoms with Crippen molar-refractivity contribution in [1.82, 2.24) is 10.1 Å². The average molecular weight is 251 g/mol. The van der Waals surface area contributed by atoms with E-state index in [9.17, 15) is 4.39 Å². The number of ether oxygens (including phenoxy) is 1. The van der Waals surface area contributed by atoms with Crippen LogP contribution in [0.3, 0.4) is 0 Å². The van der Waals surface area contributed by atoms with Crippen LogP contribution in [0, 0.1) is 12.7 Å². The van der Waals surface area contributed by atoms with Gasteiger partial charge in [-0.15, -0.1) is 0 Å². The van der Waals surface area contributed by atoms with Gasteiger partial charge in [-0.05, 0) is 24.6 Å². The average Bonchev–Trinajstić information content (AvgIpc) is 2.81. The van der Waals surface area contributed by atoms with Crippen molar-refractivity contribution < 1.29 is 13.7 Å². The smallest absolute Gasteiger partial charge is 0.321 e. The third-order valence-electron chi connectivity index (χ3n) is 2.45. The van der Waals surface area contributed by atoms with Crippen LogP contribution >= 0.6 is 0 Å². The molecule has 6 heteroatoms. The number of aromatic nitrogens is 2. The Morgan fingerprint density at radius 3 is 3.06 bits per heavy atom. The number of nitrogens with one attached hydrogen (secondary N) is 1. The van der Waals surface area contributed by atoms with Crippen molar-refractivity contribution in [3.05, 3.63) is 29.6 Å². The molecule has 1 heterocycles. The summed E-state index contributed by atoms with van der Waals surface area (Å²) in [7, 11) is 1.61. The van der Waals surface area contributed by atoms with E-state index in [-0.39, 0.29) is 5.82 Å². The maximum Gasteiger partial charge on any atom is 0.321 e. The van der Waals surface area contributed by atoms with Crippen molar-refractivity contribution in [3.8, 4) is 11.4 Å². The third-order valence-corrected chi connectivity index (χ3v) is 2.45. The highest BCUT2D eigenvalue weighted by Gasteiger charge is 2.11. The third kappa shape index (κ3) is 2.84. The maximum absolute atomic E-state index is 13.2. The number of hydrogen-bond donors (Lipinski definition) is 1. The van der Waals surface area contributed by atoms with Crippen molar-refractivity contribution in [1.29, 1.82) is 0 Å². The molecule has 2 aromatic rings. The molecule has 0 spiro atoms. The van der Waals surface area contributed by atoms with E-state index >= 15 is 0 Å². The normalized spacial score (nSPS) is 10.6. The Hall–Kier alpha value is -1.95. The van der Waals surface area contributed by atoms with E-state index in [2.05, 4.69) is 15.5 Å². The van der Waals surface area contributed by atoms with E-state index in [0.29, 0.717) is 30.6 Å². The number of rotatable bonds is 5. The van der Waals surface area contributed by atoms with Gasteiger partial charge in [-0.3, -0.25) is 0 Å². The second-order valence-corrected chi connectivity index (χ2v) is 3.80. The summed E-state index contributed by atoms with van der Waals surface area (Å²) in [6, 6.07) is 4.76. The molecule has 0 aliphatic heterocycles. The van der Waals surface area contributed by atoms with Gasteiger partial charge in [0.15, 0.2) is 0 Å². The zero-order valence-corrected chi connectivity index (χ0v) is 10.2. The van der Waals surface area contributed by atoms with Crippen molar-refractivity contribution in [2.75, 3.05) is 25.6 Å². The minimum absolute atomic E-state index is 0.297. The Labute approximate surface area is 104 Å². The predicted molar refractivity (Wildman–Crippen MR) is 64.8 cm³/mol. The molecule has 0 saturated heterocycles. The Bertz CT molecular complexity index is 528. The van der Waals surface area contributed by atoms with Crippen LogP contribution in [0.25, 0.3) is 11.4 Å². The van der Waals surface area contributed by atoms with E-state index in [4.69, 9.17) is 9.26 Å². The van der Waals surface area contributed by atoms with Gasteiger partial charge in [0.1, 0.15) is 5.82 Å². The molecule has 0 amide bonds. The Kier molecular flexibility index (Phi) is 3.88. The summed E-state index contributed by atoms with van der Waals surface area (Å²) in [6.45, 7) is 2.97. The molecule has 0 aliphatic carbocycles. The molecule has 0 atom stereocenters. The lowest BCUT2D eigenvalue weighted by Gasteiger charge is -2.00. The molecular weight excluding hydrogens is 237 g/mol. The number of hydrogen-bond acceptors (Lipinski definition) is 5. The fourth-order valence-electron chi connectivity index (χ4n) is 1.50. The van der Waals surface area contributed by atoms with Gasteiger partial charge in [-0.1, -0.05) is 11.2 Å². The fraction of sp³-hybridized carbons (Fsp3) is 0.333. The summed E-state index contributed by atoms with van der Waals surface area (Å²) >= 11 is 0. The number of halogens is 1. The molecule has 18 heavy (non-hydrogen) atoms. The number of methoxy groups -OCH3 is 1. The van der Waals surface area contributed by atoms with Crippen LogP contribution in [0.4, 0.5) is 10.4 Å². The van der Waals surface area contributed by atoms with Crippen LogP contribution in [0.1, 0.15) is 5.56 Å². The van der Waals surface area contributed by atoms with Crippen LogP contribution in [0.5, 0.6) is 0 Å². The van der Waals surface area contributed by atoms with Crippen LogP contribution < -0.4 is 5.32 Å². The second-order valence-electron chi connectivity index (χ2n) is 3.80. The van der Waals surface area contributed by atoms with Gasteiger partial charge in [-0.2, -0.15) is 4.98 Å². The van der Waals surface area contributed by atoms with Gasteiger partial charge in [0.05, 0.1) is 6.61 Å². The number of benzene rings is 1. The number of aryl methyl sites for hydroxylation is 1. The van der Waals surface area contributed by atoms with Crippen LogP contribution in [0.2, 0.25) is 0 Å². The molecule has 1 N–H and O–H groups in total. The van der Waals surface area contributed by atoms with E-state index < -0.39 is 0 Å². The lowest BCUT2D eigenvalue weighted by molar-refractivity contribution is 0.210. The molecule has 0 bridgehead atoms. The highest BCUT2D eigenvalue weighted by Crippen LogP contribution is 2.22. The van der Waals surface area contributed by atoms with E-state index in [1.807, 2.05) is 6.92 Å². The molecule has 0 aliphatic rings. The Balaban J connectivity index is 2.16. The lowest BCUT2D eigenvalue weighted by atomic mass is 10.1. The zero-order chi connectivity index (χ0) is 13.0. The number of nitrogens with zero attached hydrogens (tertiary/aromatic N) is 2. The van der Waals surface area contributed by atoms with Crippen LogP contribution in [0.15, 0.2) is 22.7 Å². The minimum atomic E-state index is -0.325. The fourth-order valence-corrected chi connectivity index (χ4v) is 1.50. The molecule has 0 fully saturated rings. The Morgan fingerprint density at radius 1 is 1.44 bits per heavy atom. The van der Waals surface area contributed by atoms with E-state index in [0.717, 1.165) is 5.56 Å². The summed E-state index contributed by atoms with van der Waals surface area (Å²) < 4.78 is 23.1. The van der Waals surface area contributed by atoms with Crippen molar-refractivity contribution in [2.24, 2.45) is 0 Å². The maximum atomic E-state index is 13.2. The first-order valence-corrected chi connectivity index (χ1v) is 5.54. The molecule has 5 nitrogen and oxygen atoms in total. The van der Waals surface area contributed by atoms with Gasteiger partial charge >= 0.3 is 6.01 Å².